The minimum atomic E-state index is -0.628. The van der Waals surface area contributed by atoms with Crippen LogP contribution in [0.25, 0.3) is 0 Å². The molecule has 1 rings (SSSR count). The molecule has 1 aliphatic rings. The van der Waals surface area contributed by atoms with Gasteiger partial charge in [0.15, 0.2) is 0 Å². The van der Waals surface area contributed by atoms with E-state index < -0.39 is 5.91 Å². The van der Waals surface area contributed by atoms with E-state index in [4.69, 9.17) is 16.2 Å². The van der Waals surface area contributed by atoms with Crippen LogP contribution >= 0.6 is 15.9 Å². The van der Waals surface area contributed by atoms with Crippen LogP contribution in [0.2, 0.25) is 0 Å². The molecule has 0 aromatic carbocycles. The zero-order chi connectivity index (χ0) is 11.4. The number of halogens is 1. The Morgan fingerprint density at radius 3 is 2.67 bits per heavy atom. The summed E-state index contributed by atoms with van der Waals surface area (Å²) in [4.78, 5) is 11.5. The van der Waals surface area contributed by atoms with Crippen molar-refractivity contribution in [2.75, 3.05) is 0 Å². The summed E-state index contributed by atoms with van der Waals surface area (Å²) in [5.41, 5.74) is 11.0. The zero-order valence-electron chi connectivity index (χ0n) is 8.63. The summed E-state index contributed by atoms with van der Waals surface area (Å²) < 4.78 is 5.38. The van der Waals surface area contributed by atoms with Crippen LogP contribution in [0, 0.1) is 0 Å². The largest absolute Gasteiger partial charge is 0.454 e. The lowest BCUT2D eigenvalue weighted by Gasteiger charge is -2.18. The molecule has 0 saturated carbocycles. The van der Waals surface area contributed by atoms with E-state index in [9.17, 15) is 4.79 Å². The van der Waals surface area contributed by atoms with Gasteiger partial charge in [-0.25, -0.2) is 0 Å². The van der Waals surface area contributed by atoms with Gasteiger partial charge < -0.3 is 16.2 Å². The number of amides is 1. The number of carbonyl (C=O) groups excluding carboxylic acids is 1. The monoisotopic (exact) mass is 274 g/mol. The van der Waals surface area contributed by atoms with E-state index in [-0.39, 0.29) is 5.76 Å². The van der Waals surface area contributed by atoms with Gasteiger partial charge in [0.25, 0.3) is 5.91 Å². The second-order valence-electron chi connectivity index (χ2n) is 3.52. The highest BCUT2D eigenvalue weighted by atomic mass is 79.9. The lowest BCUT2D eigenvalue weighted by Crippen LogP contribution is -2.20. The van der Waals surface area contributed by atoms with Gasteiger partial charge in [-0.15, -0.1) is 0 Å². The van der Waals surface area contributed by atoms with Crippen molar-refractivity contribution in [3.05, 3.63) is 23.3 Å². The molecule has 0 aromatic heterocycles. The second-order valence-corrected chi connectivity index (χ2v) is 4.82. The Morgan fingerprint density at radius 1 is 1.60 bits per heavy atom. The standard InChI is InChI=1S/C10H15BrN2O2/c1-6(12)9(10(13)14)15-8-4-2-7(11)3-5-8/h4,7H,2-3,5,12H2,1H3,(H2,13,14)/b9-6+. The fourth-order valence-corrected chi connectivity index (χ4v) is 1.74. The van der Waals surface area contributed by atoms with Gasteiger partial charge in [-0.3, -0.25) is 4.79 Å². The van der Waals surface area contributed by atoms with Gasteiger partial charge in [-0.1, -0.05) is 15.9 Å². The minimum Gasteiger partial charge on any atom is -0.454 e. The minimum absolute atomic E-state index is 0.0503. The first kappa shape index (κ1) is 12.1. The number of rotatable bonds is 3. The van der Waals surface area contributed by atoms with Crippen LogP contribution in [0.5, 0.6) is 0 Å². The summed E-state index contributed by atoms with van der Waals surface area (Å²) in [5.74, 6) is 0.190. The molecule has 0 aliphatic heterocycles. The van der Waals surface area contributed by atoms with Crippen molar-refractivity contribution in [1.82, 2.24) is 0 Å². The lowest BCUT2D eigenvalue weighted by atomic mass is 10.1. The number of hydrogen-bond acceptors (Lipinski definition) is 3. The molecule has 0 fully saturated rings. The van der Waals surface area contributed by atoms with Crippen LogP contribution in [-0.2, 0) is 9.53 Å². The molecule has 0 bridgehead atoms. The van der Waals surface area contributed by atoms with Gasteiger partial charge in [-0.05, 0) is 25.8 Å². The number of carbonyl (C=O) groups is 1. The summed E-state index contributed by atoms with van der Waals surface area (Å²) in [5, 5.41) is 0. The van der Waals surface area contributed by atoms with Crippen molar-refractivity contribution >= 4 is 21.8 Å². The molecule has 1 aliphatic carbocycles. The number of allylic oxidation sites excluding steroid dienone is 3. The fourth-order valence-electron chi connectivity index (χ4n) is 1.33. The molecule has 0 radical (unpaired) electrons. The Bertz CT molecular complexity index is 319. The molecular formula is C10H15BrN2O2. The Morgan fingerprint density at radius 2 is 2.27 bits per heavy atom. The van der Waals surface area contributed by atoms with Crippen LogP contribution in [0.1, 0.15) is 26.2 Å². The quantitative estimate of drug-likeness (QED) is 0.465. The molecule has 1 amide bonds. The molecule has 1 atom stereocenters. The van der Waals surface area contributed by atoms with E-state index in [0.29, 0.717) is 10.5 Å². The normalized spacial score (nSPS) is 22.8. The molecule has 4 N–H and O–H groups in total. The molecule has 5 heteroatoms. The first-order valence-electron chi connectivity index (χ1n) is 4.77. The molecule has 15 heavy (non-hydrogen) atoms. The van der Waals surface area contributed by atoms with Crippen molar-refractivity contribution in [2.45, 2.75) is 31.0 Å². The molecule has 0 aromatic rings. The maximum Gasteiger partial charge on any atom is 0.286 e. The first-order valence-corrected chi connectivity index (χ1v) is 5.69. The van der Waals surface area contributed by atoms with Crippen LogP contribution in [0.4, 0.5) is 0 Å². The molecule has 4 nitrogen and oxygen atoms in total. The average molecular weight is 275 g/mol. The summed E-state index contributed by atoms with van der Waals surface area (Å²) in [7, 11) is 0. The summed E-state index contributed by atoms with van der Waals surface area (Å²) in [6.07, 6.45) is 4.63. The highest BCUT2D eigenvalue weighted by molar-refractivity contribution is 9.09. The van der Waals surface area contributed by atoms with Gasteiger partial charge in [0.1, 0.15) is 5.76 Å². The summed E-state index contributed by atoms with van der Waals surface area (Å²) in [6.45, 7) is 1.59. The Hall–Kier alpha value is -0.970. The van der Waals surface area contributed by atoms with Crippen LogP contribution < -0.4 is 11.5 Å². The van der Waals surface area contributed by atoms with E-state index in [1.807, 2.05) is 6.08 Å². The zero-order valence-corrected chi connectivity index (χ0v) is 10.2. The van der Waals surface area contributed by atoms with Crippen LogP contribution in [0.3, 0.4) is 0 Å². The van der Waals surface area contributed by atoms with Crippen molar-refractivity contribution < 1.29 is 9.53 Å². The van der Waals surface area contributed by atoms with Crippen molar-refractivity contribution in [1.29, 1.82) is 0 Å². The smallest absolute Gasteiger partial charge is 0.286 e. The number of alkyl halides is 1. The highest BCUT2D eigenvalue weighted by Gasteiger charge is 2.16. The van der Waals surface area contributed by atoms with Gasteiger partial charge in [0.05, 0.1) is 5.70 Å². The highest BCUT2D eigenvalue weighted by Crippen LogP contribution is 2.25. The maximum atomic E-state index is 11.0. The first-order chi connectivity index (χ1) is 7.00. The number of nitrogens with two attached hydrogens (primary N) is 2. The topological polar surface area (TPSA) is 78.3 Å². The van der Waals surface area contributed by atoms with Crippen molar-refractivity contribution in [3.63, 3.8) is 0 Å². The Balaban J connectivity index is 2.69. The SMILES string of the molecule is C/C(N)=C(\OC1=CCC(Br)CC1)C(N)=O. The van der Waals surface area contributed by atoms with E-state index in [1.54, 1.807) is 6.92 Å². The van der Waals surface area contributed by atoms with Gasteiger partial charge in [0, 0.05) is 11.2 Å². The summed E-state index contributed by atoms with van der Waals surface area (Å²) >= 11 is 3.51. The third kappa shape index (κ3) is 3.58. The molecule has 0 heterocycles. The number of ether oxygens (including phenoxy) is 1. The van der Waals surface area contributed by atoms with E-state index in [1.165, 1.54) is 0 Å². The predicted molar refractivity (Wildman–Crippen MR) is 61.8 cm³/mol. The van der Waals surface area contributed by atoms with Crippen molar-refractivity contribution in [2.24, 2.45) is 11.5 Å². The third-order valence-electron chi connectivity index (χ3n) is 2.12. The van der Waals surface area contributed by atoms with Crippen LogP contribution in [0.15, 0.2) is 23.3 Å². The predicted octanol–water partition coefficient (Wildman–Crippen LogP) is 1.51. The average Bonchev–Trinajstić information content (AvgIpc) is 2.15. The molecule has 0 saturated heterocycles. The lowest BCUT2D eigenvalue weighted by molar-refractivity contribution is -0.117. The van der Waals surface area contributed by atoms with Gasteiger partial charge >= 0.3 is 0 Å². The fraction of sp³-hybridized carbons (Fsp3) is 0.500. The van der Waals surface area contributed by atoms with E-state index in [0.717, 1.165) is 25.0 Å². The van der Waals surface area contributed by atoms with Gasteiger partial charge in [-0.2, -0.15) is 0 Å². The number of hydrogen-bond donors (Lipinski definition) is 2. The summed E-state index contributed by atoms with van der Waals surface area (Å²) in [6, 6.07) is 0. The Kier molecular flexibility index (Phi) is 4.20. The molecule has 1 unspecified atom stereocenters. The van der Waals surface area contributed by atoms with Crippen molar-refractivity contribution in [3.8, 4) is 0 Å². The number of primary amides is 1. The Labute approximate surface area is 97.5 Å². The van der Waals surface area contributed by atoms with E-state index >= 15 is 0 Å². The molecule has 84 valence electrons. The van der Waals surface area contributed by atoms with Gasteiger partial charge in [0.2, 0.25) is 5.76 Å². The van der Waals surface area contributed by atoms with E-state index in [2.05, 4.69) is 15.9 Å². The van der Waals surface area contributed by atoms with Crippen LogP contribution in [-0.4, -0.2) is 10.7 Å². The third-order valence-corrected chi connectivity index (χ3v) is 2.95. The molecular weight excluding hydrogens is 260 g/mol. The second kappa shape index (κ2) is 5.21. The molecule has 0 spiro atoms. The maximum absolute atomic E-state index is 11.0.